The number of rotatable bonds is 7. The average Bonchev–Trinajstić information content (AvgIpc) is 2.79. The molecule has 0 saturated carbocycles. The Hall–Kier alpha value is -1.94. The first-order chi connectivity index (χ1) is 16.4. The summed E-state index contributed by atoms with van der Waals surface area (Å²) >= 11 is 6.73. The summed E-state index contributed by atoms with van der Waals surface area (Å²) < 4.78 is 25.5. The number of hydrogen-bond acceptors (Lipinski definition) is 6. The van der Waals surface area contributed by atoms with E-state index in [0.29, 0.717) is 11.1 Å². The van der Waals surface area contributed by atoms with Crippen LogP contribution in [-0.4, -0.2) is 45.2 Å². The van der Waals surface area contributed by atoms with Crippen LogP contribution in [0.25, 0.3) is 0 Å². The van der Waals surface area contributed by atoms with Crippen molar-refractivity contribution < 1.29 is 28.2 Å². The molecule has 0 fully saturated rings. The zero-order chi connectivity index (χ0) is 25.8. The standard InChI is InChI=1S/C26H30Br2O6Si/c1-26(2,3)35(4,5)34-21-14-15-31-22(16-32-24(29)17-6-10-19(27)11-7-17)23(21)33-25(30)18-8-12-20(28)13-9-18/h6-15,21-23H,16H2,1-5H3/t21-,22-,23+/m1/s1. The van der Waals surface area contributed by atoms with Crippen molar-refractivity contribution in [2.45, 2.75) is 57.2 Å². The molecule has 188 valence electrons. The Bertz CT molecular complexity index is 1060. The normalized spacial score (nSPS) is 20.1. The molecule has 0 unspecified atom stereocenters. The number of ether oxygens (including phenoxy) is 3. The maximum absolute atomic E-state index is 13.0. The van der Waals surface area contributed by atoms with Gasteiger partial charge in [0, 0.05) is 8.95 Å². The maximum atomic E-state index is 13.0. The van der Waals surface area contributed by atoms with Crippen LogP contribution in [-0.2, 0) is 18.6 Å². The fourth-order valence-corrected chi connectivity index (χ4v) is 4.90. The summed E-state index contributed by atoms with van der Waals surface area (Å²) in [4.78, 5) is 25.6. The van der Waals surface area contributed by atoms with Crippen molar-refractivity contribution in [1.29, 1.82) is 0 Å². The molecule has 0 N–H and O–H groups in total. The summed E-state index contributed by atoms with van der Waals surface area (Å²) in [6.07, 6.45) is 1.21. The highest BCUT2D eigenvalue weighted by Gasteiger charge is 2.44. The first-order valence-corrected chi connectivity index (χ1v) is 15.8. The second-order valence-corrected chi connectivity index (χ2v) is 16.4. The Morgan fingerprint density at radius 3 is 1.94 bits per heavy atom. The molecule has 0 bridgehead atoms. The summed E-state index contributed by atoms with van der Waals surface area (Å²) in [7, 11) is -2.22. The predicted molar refractivity (Wildman–Crippen MR) is 144 cm³/mol. The van der Waals surface area contributed by atoms with Gasteiger partial charge >= 0.3 is 11.9 Å². The number of esters is 2. The highest BCUT2D eigenvalue weighted by atomic mass is 79.9. The van der Waals surface area contributed by atoms with Crippen LogP contribution in [0.3, 0.4) is 0 Å². The molecular weight excluding hydrogens is 596 g/mol. The fraction of sp³-hybridized carbons (Fsp3) is 0.385. The number of benzene rings is 2. The van der Waals surface area contributed by atoms with Crippen molar-refractivity contribution in [3.63, 3.8) is 0 Å². The molecule has 0 aromatic heterocycles. The van der Waals surface area contributed by atoms with Crippen molar-refractivity contribution in [3.05, 3.63) is 80.9 Å². The lowest BCUT2D eigenvalue weighted by molar-refractivity contribution is -0.0904. The van der Waals surface area contributed by atoms with Crippen molar-refractivity contribution >= 4 is 52.1 Å². The van der Waals surface area contributed by atoms with Crippen LogP contribution in [0.1, 0.15) is 41.5 Å². The van der Waals surface area contributed by atoms with Crippen molar-refractivity contribution in [1.82, 2.24) is 0 Å². The summed E-state index contributed by atoms with van der Waals surface area (Å²) in [5, 5.41) is -0.0526. The van der Waals surface area contributed by atoms with Crippen LogP contribution in [0.2, 0.25) is 18.1 Å². The van der Waals surface area contributed by atoms with E-state index >= 15 is 0 Å². The van der Waals surface area contributed by atoms with Gasteiger partial charge in [0.2, 0.25) is 0 Å². The third kappa shape index (κ3) is 7.28. The van der Waals surface area contributed by atoms with Gasteiger partial charge in [0.05, 0.1) is 17.4 Å². The van der Waals surface area contributed by atoms with Gasteiger partial charge in [0.15, 0.2) is 20.5 Å². The Balaban J connectivity index is 1.80. The minimum absolute atomic E-state index is 0.0526. The third-order valence-electron chi connectivity index (χ3n) is 6.23. The van der Waals surface area contributed by atoms with Crippen LogP contribution in [0.5, 0.6) is 0 Å². The minimum atomic E-state index is -2.22. The van der Waals surface area contributed by atoms with Gasteiger partial charge in [-0.1, -0.05) is 52.6 Å². The number of hydrogen-bond donors (Lipinski definition) is 0. The van der Waals surface area contributed by atoms with Gasteiger partial charge in [-0.15, -0.1) is 0 Å². The van der Waals surface area contributed by atoms with Gasteiger partial charge in [-0.3, -0.25) is 0 Å². The van der Waals surface area contributed by atoms with E-state index in [0.717, 1.165) is 8.95 Å². The molecule has 1 aliphatic rings. The Kier molecular flexibility index (Phi) is 9.01. The Morgan fingerprint density at radius 1 is 0.914 bits per heavy atom. The van der Waals surface area contributed by atoms with Gasteiger partial charge in [0.25, 0.3) is 0 Å². The molecule has 2 aromatic rings. The van der Waals surface area contributed by atoms with Gasteiger partial charge in [0.1, 0.15) is 12.7 Å². The van der Waals surface area contributed by atoms with Crippen LogP contribution in [0, 0.1) is 0 Å². The van der Waals surface area contributed by atoms with Crippen LogP contribution >= 0.6 is 31.9 Å². The van der Waals surface area contributed by atoms with Gasteiger partial charge in [-0.25, -0.2) is 9.59 Å². The molecule has 1 aliphatic heterocycles. The molecule has 0 aliphatic carbocycles. The summed E-state index contributed by atoms with van der Waals surface area (Å²) in [5.74, 6) is -0.995. The molecule has 9 heteroatoms. The molecule has 0 amide bonds. The number of carbonyl (C=O) groups excluding carboxylic acids is 2. The molecule has 35 heavy (non-hydrogen) atoms. The van der Waals surface area contributed by atoms with Crippen LogP contribution < -0.4 is 0 Å². The molecule has 0 saturated heterocycles. The smallest absolute Gasteiger partial charge is 0.338 e. The topological polar surface area (TPSA) is 71.1 Å². The third-order valence-corrected chi connectivity index (χ3v) is 11.8. The first-order valence-electron chi connectivity index (χ1n) is 11.3. The van der Waals surface area contributed by atoms with E-state index in [4.69, 9.17) is 18.6 Å². The van der Waals surface area contributed by atoms with Gasteiger partial charge in [-0.2, -0.15) is 0 Å². The first kappa shape index (κ1) is 27.6. The molecule has 1 heterocycles. The van der Waals surface area contributed by atoms with E-state index in [1.165, 1.54) is 6.26 Å². The lowest BCUT2D eigenvalue weighted by atomic mass is 10.1. The van der Waals surface area contributed by atoms with E-state index in [-0.39, 0.29) is 11.6 Å². The van der Waals surface area contributed by atoms with Crippen molar-refractivity contribution in [2.75, 3.05) is 6.61 Å². The predicted octanol–water partition coefficient (Wildman–Crippen LogP) is 6.90. The van der Waals surface area contributed by atoms with Crippen LogP contribution in [0.4, 0.5) is 0 Å². The minimum Gasteiger partial charge on any atom is -0.491 e. The molecule has 0 radical (unpaired) electrons. The summed E-state index contributed by atoms with van der Waals surface area (Å²) in [6, 6.07) is 13.8. The summed E-state index contributed by atoms with van der Waals surface area (Å²) in [5.41, 5.74) is 0.816. The van der Waals surface area contributed by atoms with Gasteiger partial charge < -0.3 is 18.6 Å². The fourth-order valence-electron chi connectivity index (χ4n) is 3.13. The zero-order valence-electron chi connectivity index (χ0n) is 20.4. The molecule has 6 nitrogen and oxygen atoms in total. The number of halogens is 2. The van der Waals surface area contributed by atoms with Crippen LogP contribution in [0.15, 0.2) is 69.8 Å². The molecule has 3 rings (SSSR count). The van der Waals surface area contributed by atoms with Crippen molar-refractivity contribution in [2.24, 2.45) is 0 Å². The average molecular weight is 626 g/mol. The largest absolute Gasteiger partial charge is 0.491 e. The van der Waals surface area contributed by atoms with E-state index in [1.807, 2.05) is 0 Å². The molecule has 2 aromatic carbocycles. The monoisotopic (exact) mass is 624 g/mol. The Labute approximate surface area is 224 Å². The van der Waals surface area contributed by atoms with E-state index in [2.05, 4.69) is 65.7 Å². The highest BCUT2D eigenvalue weighted by Crippen LogP contribution is 2.39. The van der Waals surface area contributed by atoms with Gasteiger partial charge in [-0.05, 0) is 72.7 Å². The molecular formula is C26H30Br2O6Si. The zero-order valence-corrected chi connectivity index (χ0v) is 24.6. The Morgan fingerprint density at radius 2 is 1.43 bits per heavy atom. The van der Waals surface area contributed by atoms with E-state index in [9.17, 15) is 9.59 Å². The van der Waals surface area contributed by atoms with E-state index < -0.39 is 38.6 Å². The highest BCUT2D eigenvalue weighted by molar-refractivity contribution is 9.10. The van der Waals surface area contributed by atoms with Crippen molar-refractivity contribution in [3.8, 4) is 0 Å². The number of carbonyl (C=O) groups is 2. The van der Waals surface area contributed by atoms with E-state index in [1.54, 1.807) is 54.6 Å². The SMILES string of the molecule is CC(C)(C)[Si](C)(C)O[C@@H]1C=CO[C@H](COC(=O)c2ccc(Br)cc2)[C@H]1OC(=O)c1ccc(Br)cc1. The molecule has 0 spiro atoms. The maximum Gasteiger partial charge on any atom is 0.338 e. The molecule has 3 atom stereocenters. The second-order valence-electron chi connectivity index (χ2n) is 9.83. The lowest BCUT2D eigenvalue weighted by Gasteiger charge is -2.42. The second kappa shape index (κ2) is 11.4. The lowest BCUT2D eigenvalue weighted by Crippen LogP contribution is -2.53. The summed E-state index contributed by atoms with van der Waals surface area (Å²) in [6.45, 7) is 10.6. The quantitative estimate of drug-likeness (QED) is 0.246.